The number of aromatic nitrogens is 1. The predicted molar refractivity (Wildman–Crippen MR) is 81.1 cm³/mol. The van der Waals surface area contributed by atoms with E-state index in [0.29, 0.717) is 19.0 Å². The smallest absolute Gasteiger partial charge is 0.226 e. The van der Waals surface area contributed by atoms with E-state index < -0.39 is 5.60 Å². The quantitative estimate of drug-likeness (QED) is 0.886. The highest BCUT2D eigenvalue weighted by Gasteiger charge is 2.17. The first-order chi connectivity index (χ1) is 9.87. The molecule has 5 heteroatoms. The van der Waals surface area contributed by atoms with Crippen molar-refractivity contribution in [2.45, 2.75) is 26.0 Å². The Morgan fingerprint density at radius 1 is 1.29 bits per heavy atom. The summed E-state index contributed by atoms with van der Waals surface area (Å²) < 4.78 is 10.6. The van der Waals surface area contributed by atoms with Crippen LogP contribution in [0.5, 0.6) is 5.75 Å². The molecule has 0 saturated heterocycles. The van der Waals surface area contributed by atoms with Crippen molar-refractivity contribution in [3.05, 3.63) is 36.2 Å². The molecule has 0 bridgehead atoms. The van der Waals surface area contributed by atoms with Gasteiger partial charge < -0.3 is 14.3 Å². The first-order valence-electron chi connectivity index (χ1n) is 6.87. The molecule has 5 nitrogen and oxygen atoms in total. The van der Waals surface area contributed by atoms with Crippen molar-refractivity contribution < 1.29 is 14.3 Å². The Hall–Kier alpha value is -1.85. The third-order valence-electron chi connectivity index (χ3n) is 2.98. The third kappa shape index (κ3) is 4.58. The first kappa shape index (κ1) is 15.5. The second-order valence-corrected chi connectivity index (χ2v) is 5.86. The zero-order chi connectivity index (χ0) is 15.5. The van der Waals surface area contributed by atoms with Crippen LogP contribution in [0.15, 0.2) is 34.9 Å². The van der Waals surface area contributed by atoms with Crippen molar-refractivity contribution in [1.29, 1.82) is 0 Å². The van der Waals surface area contributed by atoms with E-state index in [1.807, 2.05) is 36.2 Å². The van der Waals surface area contributed by atoms with Gasteiger partial charge in [-0.25, -0.2) is 4.98 Å². The Kier molecular flexibility index (Phi) is 4.65. The summed E-state index contributed by atoms with van der Waals surface area (Å²) in [6, 6.07) is 7.57. The van der Waals surface area contributed by atoms with E-state index in [9.17, 15) is 5.11 Å². The van der Waals surface area contributed by atoms with Gasteiger partial charge in [0.05, 0.1) is 18.4 Å². The van der Waals surface area contributed by atoms with Gasteiger partial charge in [0, 0.05) is 18.7 Å². The van der Waals surface area contributed by atoms with Gasteiger partial charge in [0.25, 0.3) is 0 Å². The molecule has 2 aromatic rings. The number of aliphatic hydroxyl groups is 1. The lowest BCUT2D eigenvalue weighted by atomic mass is 10.1. The van der Waals surface area contributed by atoms with Gasteiger partial charge >= 0.3 is 0 Å². The number of hydrogen-bond donors (Lipinski definition) is 1. The van der Waals surface area contributed by atoms with Crippen LogP contribution in [0.25, 0.3) is 11.5 Å². The van der Waals surface area contributed by atoms with Gasteiger partial charge in [-0.3, -0.25) is 4.90 Å². The fourth-order valence-electron chi connectivity index (χ4n) is 2.24. The second-order valence-electron chi connectivity index (χ2n) is 5.86. The summed E-state index contributed by atoms with van der Waals surface area (Å²) in [5.74, 6) is 1.39. The molecular weight excluding hydrogens is 268 g/mol. The minimum Gasteiger partial charge on any atom is -0.497 e. The molecule has 1 aromatic carbocycles. The molecule has 0 aliphatic rings. The number of oxazole rings is 1. The number of nitrogens with zero attached hydrogens (tertiary/aromatic N) is 2. The zero-order valence-corrected chi connectivity index (χ0v) is 13.0. The largest absolute Gasteiger partial charge is 0.497 e. The molecule has 0 unspecified atom stereocenters. The average molecular weight is 290 g/mol. The summed E-state index contributed by atoms with van der Waals surface area (Å²) in [7, 11) is 3.58. The first-order valence-corrected chi connectivity index (χ1v) is 6.87. The number of hydrogen-bond acceptors (Lipinski definition) is 5. The molecule has 114 valence electrons. The Bertz CT molecular complexity index is 570. The lowest BCUT2D eigenvalue weighted by Crippen LogP contribution is -2.35. The van der Waals surface area contributed by atoms with Crippen molar-refractivity contribution in [2.75, 3.05) is 20.7 Å². The number of ether oxygens (including phenoxy) is 1. The van der Waals surface area contributed by atoms with E-state index >= 15 is 0 Å². The molecule has 0 aliphatic carbocycles. The lowest BCUT2D eigenvalue weighted by Gasteiger charge is -2.24. The molecule has 1 heterocycles. The van der Waals surface area contributed by atoms with Gasteiger partial charge in [0.15, 0.2) is 0 Å². The van der Waals surface area contributed by atoms with Crippen molar-refractivity contribution in [1.82, 2.24) is 9.88 Å². The third-order valence-corrected chi connectivity index (χ3v) is 2.98. The van der Waals surface area contributed by atoms with E-state index in [-0.39, 0.29) is 0 Å². The maximum absolute atomic E-state index is 9.80. The maximum atomic E-state index is 9.80. The van der Waals surface area contributed by atoms with Gasteiger partial charge in [-0.05, 0) is 45.2 Å². The Morgan fingerprint density at radius 2 is 1.95 bits per heavy atom. The molecule has 2 rings (SSSR count). The van der Waals surface area contributed by atoms with E-state index in [2.05, 4.69) is 4.98 Å². The maximum Gasteiger partial charge on any atom is 0.226 e. The van der Waals surface area contributed by atoms with E-state index in [1.165, 1.54) is 0 Å². The molecule has 0 saturated carbocycles. The van der Waals surface area contributed by atoms with E-state index in [4.69, 9.17) is 9.15 Å². The van der Waals surface area contributed by atoms with Crippen LogP contribution in [0, 0.1) is 0 Å². The molecule has 1 aromatic heterocycles. The van der Waals surface area contributed by atoms with Crippen LogP contribution in [0.4, 0.5) is 0 Å². The minimum atomic E-state index is -0.725. The van der Waals surface area contributed by atoms with Crippen molar-refractivity contribution >= 4 is 0 Å². The summed E-state index contributed by atoms with van der Waals surface area (Å²) >= 11 is 0. The highest BCUT2D eigenvalue weighted by Crippen LogP contribution is 2.22. The van der Waals surface area contributed by atoms with Gasteiger partial charge in [-0.15, -0.1) is 0 Å². The fourth-order valence-corrected chi connectivity index (χ4v) is 2.24. The summed E-state index contributed by atoms with van der Waals surface area (Å²) in [4.78, 5) is 6.48. The Balaban J connectivity index is 2.03. The highest BCUT2D eigenvalue weighted by atomic mass is 16.5. The molecule has 0 amide bonds. The number of likely N-dealkylation sites (N-methyl/N-ethyl adjacent to an activating group) is 1. The number of methoxy groups -OCH3 is 1. The molecule has 21 heavy (non-hydrogen) atoms. The van der Waals surface area contributed by atoms with Gasteiger partial charge in [-0.1, -0.05) is 0 Å². The Morgan fingerprint density at radius 3 is 2.52 bits per heavy atom. The van der Waals surface area contributed by atoms with Crippen LogP contribution in [0.3, 0.4) is 0 Å². The molecule has 1 N–H and O–H groups in total. The predicted octanol–water partition coefficient (Wildman–Crippen LogP) is 2.55. The van der Waals surface area contributed by atoms with Crippen molar-refractivity contribution in [2.24, 2.45) is 0 Å². The SMILES string of the molecule is COc1ccc(-c2nc(CN(C)CC(C)(C)O)co2)cc1. The lowest BCUT2D eigenvalue weighted by molar-refractivity contribution is 0.0421. The van der Waals surface area contributed by atoms with Crippen LogP contribution < -0.4 is 4.74 Å². The molecular formula is C16H22N2O3. The molecule has 0 spiro atoms. The normalized spacial score (nSPS) is 11.9. The van der Waals surface area contributed by atoms with Crippen LogP contribution in [0.2, 0.25) is 0 Å². The van der Waals surface area contributed by atoms with Gasteiger partial charge in [0.1, 0.15) is 12.0 Å². The molecule has 0 atom stereocenters. The highest BCUT2D eigenvalue weighted by molar-refractivity contribution is 5.54. The Labute approximate surface area is 125 Å². The van der Waals surface area contributed by atoms with Gasteiger partial charge in [0.2, 0.25) is 5.89 Å². The second kappa shape index (κ2) is 6.28. The molecule has 0 aliphatic heterocycles. The average Bonchev–Trinajstić information content (AvgIpc) is 2.85. The van der Waals surface area contributed by atoms with Crippen LogP contribution in [0.1, 0.15) is 19.5 Å². The van der Waals surface area contributed by atoms with Crippen molar-refractivity contribution in [3.63, 3.8) is 0 Å². The van der Waals surface area contributed by atoms with E-state index in [1.54, 1.807) is 27.2 Å². The van der Waals surface area contributed by atoms with Gasteiger partial charge in [-0.2, -0.15) is 0 Å². The molecule has 0 radical (unpaired) electrons. The summed E-state index contributed by atoms with van der Waals surface area (Å²) in [6.45, 7) is 4.77. The minimum absolute atomic E-state index is 0.567. The summed E-state index contributed by atoms with van der Waals surface area (Å²) in [5, 5.41) is 9.80. The summed E-state index contributed by atoms with van der Waals surface area (Å²) in [5.41, 5.74) is 1.02. The van der Waals surface area contributed by atoms with E-state index in [0.717, 1.165) is 17.0 Å². The zero-order valence-electron chi connectivity index (χ0n) is 13.0. The topological polar surface area (TPSA) is 58.7 Å². The molecule has 0 fully saturated rings. The number of benzene rings is 1. The van der Waals surface area contributed by atoms with Crippen molar-refractivity contribution in [3.8, 4) is 17.2 Å². The standard InChI is InChI=1S/C16H22N2O3/c1-16(2,19)11-18(3)9-13-10-21-15(17-13)12-5-7-14(20-4)8-6-12/h5-8,10,19H,9,11H2,1-4H3. The van der Waals surface area contributed by atoms with Crippen LogP contribution >= 0.6 is 0 Å². The van der Waals surface area contributed by atoms with Crippen LogP contribution in [-0.2, 0) is 6.54 Å². The summed E-state index contributed by atoms with van der Waals surface area (Å²) in [6.07, 6.45) is 1.65. The number of rotatable bonds is 6. The fraction of sp³-hybridized carbons (Fsp3) is 0.438. The van der Waals surface area contributed by atoms with Crippen LogP contribution in [-0.4, -0.2) is 41.3 Å². The monoisotopic (exact) mass is 290 g/mol.